The molecule has 0 bridgehead atoms. The first-order chi connectivity index (χ1) is 7.50. The van der Waals surface area contributed by atoms with Gasteiger partial charge in [-0.1, -0.05) is 11.6 Å². The van der Waals surface area contributed by atoms with E-state index in [9.17, 15) is 0 Å². The third-order valence-corrected chi connectivity index (χ3v) is 2.98. The van der Waals surface area contributed by atoms with Gasteiger partial charge in [0.2, 0.25) is 0 Å². The molecule has 0 radical (unpaired) electrons. The van der Waals surface area contributed by atoms with Gasteiger partial charge in [0.25, 0.3) is 0 Å². The summed E-state index contributed by atoms with van der Waals surface area (Å²) in [7, 11) is 0. The van der Waals surface area contributed by atoms with Gasteiger partial charge in [-0.15, -0.1) is 11.6 Å². The fraction of sp³-hybridized carbons (Fsp3) is 0.417. The number of halogens is 2. The maximum atomic E-state index is 6.15. The van der Waals surface area contributed by atoms with Gasteiger partial charge in [-0.05, 0) is 39.0 Å². The molecular formula is C12H14Cl2N2. The third-order valence-electron chi connectivity index (χ3n) is 2.55. The lowest BCUT2D eigenvalue weighted by molar-refractivity contribution is 0.584. The molecule has 1 aromatic heterocycles. The number of rotatable bonds is 2. The second-order valence-electron chi connectivity index (χ2n) is 4.18. The SMILES string of the molecule is CC(Cl)c1nc2ccc(Cl)cc2n1C(C)C. The Labute approximate surface area is 105 Å². The second kappa shape index (κ2) is 4.27. The zero-order valence-corrected chi connectivity index (χ0v) is 11.0. The molecule has 0 amide bonds. The van der Waals surface area contributed by atoms with Crippen molar-refractivity contribution in [2.75, 3.05) is 0 Å². The number of imidazole rings is 1. The number of hydrogen-bond acceptors (Lipinski definition) is 1. The monoisotopic (exact) mass is 256 g/mol. The smallest absolute Gasteiger partial charge is 0.127 e. The summed E-state index contributed by atoms with van der Waals surface area (Å²) in [4.78, 5) is 4.55. The first kappa shape index (κ1) is 11.7. The van der Waals surface area contributed by atoms with Crippen LogP contribution in [0, 0.1) is 0 Å². The van der Waals surface area contributed by atoms with Crippen molar-refractivity contribution in [3.8, 4) is 0 Å². The van der Waals surface area contributed by atoms with E-state index < -0.39 is 0 Å². The normalized spacial score (nSPS) is 13.6. The highest BCUT2D eigenvalue weighted by atomic mass is 35.5. The molecule has 0 saturated heterocycles. The summed E-state index contributed by atoms with van der Waals surface area (Å²) < 4.78 is 2.14. The summed E-state index contributed by atoms with van der Waals surface area (Å²) in [5.41, 5.74) is 1.99. The maximum Gasteiger partial charge on any atom is 0.127 e. The van der Waals surface area contributed by atoms with Crippen LogP contribution in [0.1, 0.15) is 38.0 Å². The van der Waals surface area contributed by atoms with Crippen LogP contribution >= 0.6 is 23.2 Å². The quantitative estimate of drug-likeness (QED) is 0.720. The molecular weight excluding hydrogens is 243 g/mol. The number of benzene rings is 1. The Balaban J connectivity index is 2.77. The molecule has 0 spiro atoms. The Kier molecular flexibility index (Phi) is 3.13. The fourth-order valence-electron chi connectivity index (χ4n) is 1.91. The Bertz CT molecular complexity index is 515. The molecule has 2 aromatic rings. The highest BCUT2D eigenvalue weighted by Crippen LogP contribution is 2.29. The molecule has 1 unspecified atom stereocenters. The van der Waals surface area contributed by atoms with Gasteiger partial charge < -0.3 is 4.57 Å². The summed E-state index contributed by atoms with van der Waals surface area (Å²) in [6.45, 7) is 6.17. The molecule has 1 heterocycles. The average molecular weight is 257 g/mol. The summed E-state index contributed by atoms with van der Waals surface area (Å²) in [5, 5.41) is 0.622. The van der Waals surface area contributed by atoms with Crippen molar-refractivity contribution in [1.82, 2.24) is 9.55 Å². The van der Waals surface area contributed by atoms with Crippen LogP contribution in [0.3, 0.4) is 0 Å². The molecule has 1 atom stereocenters. The molecule has 4 heteroatoms. The lowest BCUT2D eigenvalue weighted by Crippen LogP contribution is -2.06. The number of nitrogens with zero attached hydrogens (tertiary/aromatic N) is 2. The molecule has 2 nitrogen and oxygen atoms in total. The van der Waals surface area contributed by atoms with Crippen molar-refractivity contribution in [3.63, 3.8) is 0 Å². The van der Waals surface area contributed by atoms with Crippen LogP contribution in [0.25, 0.3) is 11.0 Å². The van der Waals surface area contributed by atoms with Gasteiger partial charge in [0.1, 0.15) is 5.82 Å². The number of hydrogen-bond donors (Lipinski definition) is 0. The number of fused-ring (bicyclic) bond motifs is 1. The van der Waals surface area contributed by atoms with E-state index in [1.54, 1.807) is 0 Å². The van der Waals surface area contributed by atoms with Crippen LogP contribution in [0.4, 0.5) is 0 Å². The minimum Gasteiger partial charge on any atom is -0.324 e. The first-order valence-electron chi connectivity index (χ1n) is 5.32. The van der Waals surface area contributed by atoms with Crippen molar-refractivity contribution >= 4 is 34.2 Å². The molecule has 0 aliphatic heterocycles. The van der Waals surface area contributed by atoms with Crippen LogP contribution in [0.15, 0.2) is 18.2 Å². The molecule has 0 saturated carbocycles. The van der Waals surface area contributed by atoms with Crippen LogP contribution in [0.2, 0.25) is 5.02 Å². The Morgan fingerprint density at radius 3 is 2.50 bits per heavy atom. The van der Waals surface area contributed by atoms with Crippen LogP contribution in [-0.2, 0) is 0 Å². The Morgan fingerprint density at radius 2 is 1.94 bits per heavy atom. The summed E-state index contributed by atoms with van der Waals surface area (Å²) in [5.74, 6) is 0.897. The third kappa shape index (κ3) is 1.92. The standard InChI is InChI=1S/C12H14Cl2N2/c1-7(2)16-11-6-9(14)4-5-10(11)15-12(16)8(3)13/h4-8H,1-3H3. The van der Waals surface area contributed by atoms with Gasteiger partial charge >= 0.3 is 0 Å². The molecule has 16 heavy (non-hydrogen) atoms. The largest absolute Gasteiger partial charge is 0.324 e. The van der Waals surface area contributed by atoms with Gasteiger partial charge in [-0.2, -0.15) is 0 Å². The average Bonchev–Trinajstić information content (AvgIpc) is 2.55. The highest BCUT2D eigenvalue weighted by Gasteiger charge is 2.16. The van der Waals surface area contributed by atoms with E-state index in [2.05, 4.69) is 23.4 Å². The van der Waals surface area contributed by atoms with Gasteiger partial charge in [-0.3, -0.25) is 0 Å². The molecule has 0 aliphatic rings. The number of alkyl halides is 1. The van der Waals surface area contributed by atoms with Gasteiger partial charge in [0.05, 0.1) is 16.4 Å². The van der Waals surface area contributed by atoms with E-state index in [0.717, 1.165) is 21.9 Å². The summed E-state index contributed by atoms with van der Waals surface area (Å²) in [6, 6.07) is 6.04. The second-order valence-corrected chi connectivity index (χ2v) is 5.27. The lowest BCUT2D eigenvalue weighted by atomic mass is 10.3. The first-order valence-corrected chi connectivity index (χ1v) is 6.13. The minimum atomic E-state index is -0.103. The van der Waals surface area contributed by atoms with E-state index in [1.807, 2.05) is 25.1 Å². The van der Waals surface area contributed by atoms with Crippen molar-refractivity contribution < 1.29 is 0 Å². The van der Waals surface area contributed by atoms with Gasteiger partial charge in [-0.25, -0.2) is 4.98 Å². The van der Waals surface area contributed by atoms with Crippen LogP contribution < -0.4 is 0 Å². The number of aromatic nitrogens is 2. The molecule has 0 aliphatic carbocycles. The maximum absolute atomic E-state index is 6.15. The lowest BCUT2D eigenvalue weighted by Gasteiger charge is -2.14. The predicted molar refractivity (Wildman–Crippen MR) is 69.4 cm³/mol. The molecule has 0 fully saturated rings. The topological polar surface area (TPSA) is 17.8 Å². The molecule has 2 rings (SSSR count). The van der Waals surface area contributed by atoms with Gasteiger partial charge in [0, 0.05) is 11.1 Å². The van der Waals surface area contributed by atoms with E-state index in [0.29, 0.717) is 6.04 Å². The zero-order chi connectivity index (χ0) is 11.9. The summed E-state index contributed by atoms with van der Waals surface area (Å²) >= 11 is 12.2. The predicted octanol–water partition coefficient (Wildman–Crippen LogP) is 4.57. The van der Waals surface area contributed by atoms with E-state index in [1.165, 1.54) is 0 Å². The molecule has 86 valence electrons. The van der Waals surface area contributed by atoms with E-state index in [-0.39, 0.29) is 5.38 Å². The Hall–Kier alpha value is -0.730. The fourth-order valence-corrected chi connectivity index (χ4v) is 2.23. The van der Waals surface area contributed by atoms with Crippen molar-refractivity contribution in [2.24, 2.45) is 0 Å². The van der Waals surface area contributed by atoms with E-state index >= 15 is 0 Å². The zero-order valence-electron chi connectivity index (χ0n) is 9.54. The minimum absolute atomic E-state index is 0.103. The van der Waals surface area contributed by atoms with Crippen molar-refractivity contribution in [1.29, 1.82) is 0 Å². The van der Waals surface area contributed by atoms with Crippen LogP contribution in [0.5, 0.6) is 0 Å². The van der Waals surface area contributed by atoms with Gasteiger partial charge in [0.15, 0.2) is 0 Å². The van der Waals surface area contributed by atoms with Crippen molar-refractivity contribution in [2.45, 2.75) is 32.2 Å². The highest BCUT2D eigenvalue weighted by molar-refractivity contribution is 6.31. The summed E-state index contributed by atoms with van der Waals surface area (Å²) in [6.07, 6.45) is 0. The molecule has 0 N–H and O–H groups in total. The Morgan fingerprint density at radius 1 is 1.25 bits per heavy atom. The van der Waals surface area contributed by atoms with E-state index in [4.69, 9.17) is 23.2 Å². The van der Waals surface area contributed by atoms with Crippen LogP contribution in [-0.4, -0.2) is 9.55 Å². The van der Waals surface area contributed by atoms with Crippen molar-refractivity contribution in [3.05, 3.63) is 29.0 Å². The molecule has 1 aromatic carbocycles.